The van der Waals surface area contributed by atoms with E-state index in [1.165, 1.54) is 18.7 Å². The smallest absolute Gasteiger partial charge is 0.296 e. The van der Waals surface area contributed by atoms with Crippen LogP contribution in [0.3, 0.4) is 0 Å². The number of nitrogens with zero attached hydrogens (tertiary/aromatic N) is 4. The molecule has 0 saturated carbocycles. The Hall–Kier alpha value is -4.66. The summed E-state index contributed by atoms with van der Waals surface area (Å²) in [5, 5.41) is 7.15. The number of fused-ring (bicyclic) bond motifs is 3. The minimum Gasteiger partial charge on any atom is -0.497 e. The van der Waals surface area contributed by atoms with Crippen molar-refractivity contribution in [3.63, 3.8) is 0 Å². The van der Waals surface area contributed by atoms with Crippen molar-refractivity contribution in [3.8, 4) is 11.5 Å². The molecular formula is C27H25N5O4. The molecule has 2 aromatic heterocycles. The van der Waals surface area contributed by atoms with Gasteiger partial charge in [0.05, 0.1) is 31.8 Å². The molecule has 9 nitrogen and oxygen atoms in total. The molecule has 36 heavy (non-hydrogen) atoms. The molecular weight excluding hydrogens is 458 g/mol. The maximum atomic E-state index is 13.6. The number of amides is 1. The highest BCUT2D eigenvalue weighted by molar-refractivity contribution is 6.02. The lowest BCUT2D eigenvalue weighted by atomic mass is 10.1. The Morgan fingerprint density at radius 1 is 0.889 bits per heavy atom. The summed E-state index contributed by atoms with van der Waals surface area (Å²) in [7, 11) is 3.05. The minimum absolute atomic E-state index is 0.0758. The van der Waals surface area contributed by atoms with Crippen molar-refractivity contribution in [2.75, 3.05) is 19.5 Å². The predicted octanol–water partition coefficient (Wildman–Crippen LogP) is 3.98. The largest absolute Gasteiger partial charge is 0.497 e. The van der Waals surface area contributed by atoms with Crippen LogP contribution < -0.4 is 20.3 Å². The molecule has 0 unspecified atom stereocenters. The number of benzene rings is 3. The normalized spacial score (nSPS) is 11.1. The maximum absolute atomic E-state index is 13.6. The summed E-state index contributed by atoms with van der Waals surface area (Å²) in [5.41, 5.74) is 4.72. The number of nitrogens with one attached hydrogen (secondary N) is 1. The second kappa shape index (κ2) is 9.18. The first-order valence-corrected chi connectivity index (χ1v) is 11.4. The van der Waals surface area contributed by atoms with Crippen molar-refractivity contribution in [1.29, 1.82) is 0 Å². The number of methoxy groups -OCH3 is 2. The topological polar surface area (TPSA) is 99.8 Å². The van der Waals surface area contributed by atoms with Gasteiger partial charge in [-0.1, -0.05) is 35.9 Å². The number of ether oxygens (including phenoxy) is 2. The summed E-state index contributed by atoms with van der Waals surface area (Å²) >= 11 is 0. The molecule has 0 spiro atoms. The summed E-state index contributed by atoms with van der Waals surface area (Å²) in [4.78, 5) is 30.9. The molecule has 0 bridgehead atoms. The van der Waals surface area contributed by atoms with Gasteiger partial charge in [0.15, 0.2) is 0 Å². The third-order valence-corrected chi connectivity index (χ3v) is 5.97. The van der Waals surface area contributed by atoms with Crippen molar-refractivity contribution in [3.05, 3.63) is 93.5 Å². The van der Waals surface area contributed by atoms with E-state index < -0.39 is 5.91 Å². The van der Waals surface area contributed by atoms with Gasteiger partial charge < -0.3 is 14.8 Å². The van der Waals surface area contributed by atoms with Crippen LogP contribution in [0.4, 0.5) is 5.69 Å². The fourth-order valence-electron chi connectivity index (χ4n) is 4.07. The standard InChI is InChI=1S/C27H25N5O4/c1-16-5-8-18(9-6-16)15-31-23-11-17(2)7-10-22(23)32-25(27(31)34)29-24(30-32)26(33)28-19-12-20(35-3)14-21(13-19)36-4/h5-14H,15H2,1-4H3,(H,28,33). The van der Waals surface area contributed by atoms with Crippen LogP contribution in [0.2, 0.25) is 0 Å². The molecule has 5 rings (SSSR count). The quantitative estimate of drug-likeness (QED) is 0.392. The number of aryl methyl sites for hydroxylation is 2. The van der Waals surface area contributed by atoms with Crippen LogP contribution in [0.25, 0.3) is 16.7 Å². The van der Waals surface area contributed by atoms with Gasteiger partial charge >= 0.3 is 0 Å². The summed E-state index contributed by atoms with van der Waals surface area (Å²) in [5.74, 6) is 0.364. The van der Waals surface area contributed by atoms with Crippen molar-refractivity contribution in [1.82, 2.24) is 19.2 Å². The van der Waals surface area contributed by atoms with Crippen molar-refractivity contribution >= 4 is 28.3 Å². The average Bonchev–Trinajstić information content (AvgIpc) is 3.33. The molecule has 1 amide bonds. The first-order valence-electron chi connectivity index (χ1n) is 11.4. The van der Waals surface area contributed by atoms with E-state index in [2.05, 4.69) is 15.4 Å². The highest BCUT2D eigenvalue weighted by Crippen LogP contribution is 2.26. The summed E-state index contributed by atoms with van der Waals surface area (Å²) < 4.78 is 13.6. The first-order chi connectivity index (χ1) is 17.4. The van der Waals surface area contributed by atoms with Gasteiger partial charge in [-0.05, 0) is 37.1 Å². The van der Waals surface area contributed by atoms with Gasteiger partial charge in [-0.2, -0.15) is 4.98 Å². The summed E-state index contributed by atoms with van der Waals surface area (Å²) in [6.07, 6.45) is 0. The van der Waals surface area contributed by atoms with E-state index in [0.717, 1.165) is 16.7 Å². The monoisotopic (exact) mass is 483 g/mol. The molecule has 0 aliphatic heterocycles. The summed E-state index contributed by atoms with van der Waals surface area (Å²) in [6.45, 7) is 4.35. The molecule has 5 aromatic rings. The van der Waals surface area contributed by atoms with E-state index in [1.54, 1.807) is 22.8 Å². The van der Waals surface area contributed by atoms with Gasteiger partial charge in [-0.15, -0.1) is 5.10 Å². The van der Waals surface area contributed by atoms with Gasteiger partial charge in [0.1, 0.15) is 11.5 Å². The Labute approximate surface area is 206 Å². The molecule has 0 fully saturated rings. The number of hydrogen-bond acceptors (Lipinski definition) is 6. The zero-order valence-electron chi connectivity index (χ0n) is 20.4. The van der Waals surface area contributed by atoms with Gasteiger partial charge in [0.2, 0.25) is 11.5 Å². The summed E-state index contributed by atoms with van der Waals surface area (Å²) in [6, 6.07) is 18.8. The molecule has 1 N–H and O–H groups in total. The van der Waals surface area contributed by atoms with Crippen LogP contribution in [0.15, 0.2) is 65.5 Å². The number of carbonyl (C=O) groups excluding carboxylic acids is 1. The molecule has 9 heteroatoms. The van der Waals surface area contributed by atoms with Gasteiger partial charge in [-0.3, -0.25) is 14.2 Å². The Morgan fingerprint density at radius 3 is 2.22 bits per heavy atom. The lowest BCUT2D eigenvalue weighted by Crippen LogP contribution is -2.24. The van der Waals surface area contributed by atoms with Crippen molar-refractivity contribution in [2.45, 2.75) is 20.4 Å². The van der Waals surface area contributed by atoms with Crippen LogP contribution in [-0.2, 0) is 6.54 Å². The van der Waals surface area contributed by atoms with E-state index in [1.807, 2.05) is 56.3 Å². The van der Waals surface area contributed by atoms with Crippen LogP contribution in [0.1, 0.15) is 27.3 Å². The third kappa shape index (κ3) is 4.26. The second-order valence-corrected chi connectivity index (χ2v) is 8.60. The third-order valence-electron chi connectivity index (χ3n) is 5.97. The number of anilines is 1. The molecule has 0 atom stereocenters. The lowest BCUT2D eigenvalue weighted by Gasteiger charge is -2.12. The van der Waals surface area contributed by atoms with E-state index in [-0.39, 0.29) is 17.0 Å². The molecule has 0 aliphatic rings. The highest BCUT2D eigenvalue weighted by Gasteiger charge is 2.20. The Bertz CT molecular complexity index is 1650. The van der Waals surface area contributed by atoms with Crippen LogP contribution in [0.5, 0.6) is 11.5 Å². The van der Waals surface area contributed by atoms with E-state index >= 15 is 0 Å². The van der Waals surface area contributed by atoms with Gasteiger partial charge in [-0.25, -0.2) is 4.52 Å². The molecule has 3 aromatic carbocycles. The molecule has 182 valence electrons. The average molecular weight is 484 g/mol. The number of rotatable bonds is 6. The van der Waals surface area contributed by atoms with E-state index in [9.17, 15) is 9.59 Å². The lowest BCUT2D eigenvalue weighted by molar-refractivity contribution is 0.101. The SMILES string of the molecule is COc1cc(NC(=O)c2nc3c(=O)n(Cc4ccc(C)cc4)c4cc(C)ccc4n3n2)cc(OC)c1. The van der Waals surface area contributed by atoms with Gasteiger partial charge in [0.25, 0.3) is 11.5 Å². The zero-order valence-corrected chi connectivity index (χ0v) is 20.4. The van der Waals surface area contributed by atoms with Crippen LogP contribution in [0, 0.1) is 13.8 Å². The Balaban J connectivity index is 1.60. The molecule has 0 saturated heterocycles. The highest BCUT2D eigenvalue weighted by atomic mass is 16.5. The fraction of sp³-hybridized carbons (Fsp3) is 0.185. The van der Waals surface area contributed by atoms with Crippen molar-refractivity contribution < 1.29 is 14.3 Å². The number of aromatic nitrogens is 4. The number of carbonyl (C=O) groups is 1. The second-order valence-electron chi connectivity index (χ2n) is 8.60. The predicted molar refractivity (Wildman–Crippen MR) is 137 cm³/mol. The van der Waals surface area contributed by atoms with Crippen molar-refractivity contribution in [2.24, 2.45) is 0 Å². The zero-order chi connectivity index (χ0) is 25.4. The Morgan fingerprint density at radius 2 is 1.56 bits per heavy atom. The van der Waals surface area contributed by atoms with Crippen LogP contribution in [-0.4, -0.2) is 39.3 Å². The molecule has 0 aliphatic carbocycles. The van der Waals surface area contributed by atoms with Crippen LogP contribution >= 0.6 is 0 Å². The first kappa shape index (κ1) is 23.1. The minimum atomic E-state index is -0.557. The number of hydrogen-bond donors (Lipinski definition) is 1. The fourth-order valence-corrected chi connectivity index (χ4v) is 4.07. The van der Waals surface area contributed by atoms with Gasteiger partial charge in [0, 0.05) is 23.9 Å². The molecule has 0 radical (unpaired) electrons. The molecule has 2 heterocycles. The van der Waals surface area contributed by atoms with E-state index in [4.69, 9.17) is 9.47 Å². The Kier molecular flexibility index (Phi) is 5.89. The maximum Gasteiger partial charge on any atom is 0.296 e. The van der Waals surface area contributed by atoms with E-state index in [0.29, 0.717) is 34.8 Å².